The number of hydrogen-bond donors (Lipinski definition) is 1. The minimum atomic E-state index is -0.441. The molecule has 0 radical (unpaired) electrons. The van der Waals surface area contributed by atoms with Gasteiger partial charge in [-0.3, -0.25) is 4.98 Å². The third kappa shape index (κ3) is 1.63. The van der Waals surface area contributed by atoms with Crippen LogP contribution >= 0.6 is 0 Å². The highest BCUT2D eigenvalue weighted by atomic mass is 16.3. The molecule has 1 fully saturated rings. The third-order valence-electron chi connectivity index (χ3n) is 5.47. The first-order chi connectivity index (χ1) is 8.87. The van der Waals surface area contributed by atoms with Crippen LogP contribution in [0.25, 0.3) is 10.8 Å². The average Bonchev–Trinajstić information content (AvgIpc) is 2.78. The first-order valence-corrected chi connectivity index (χ1v) is 6.88. The zero-order valence-corrected chi connectivity index (χ0v) is 12.0. The molecule has 0 aliphatic heterocycles. The van der Waals surface area contributed by atoms with Gasteiger partial charge in [0.1, 0.15) is 0 Å². The van der Waals surface area contributed by atoms with Crippen molar-refractivity contribution < 1.29 is 5.11 Å². The second-order valence-electron chi connectivity index (χ2n) is 6.82. The molecule has 2 aromatic rings. The van der Waals surface area contributed by atoms with Gasteiger partial charge < -0.3 is 5.11 Å². The number of pyridine rings is 1. The minimum absolute atomic E-state index is 0.170. The van der Waals surface area contributed by atoms with Crippen molar-refractivity contribution in [2.75, 3.05) is 0 Å². The summed E-state index contributed by atoms with van der Waals surface area (Å²) in [6.07, 6.45) is 3.23. The Labute approximate surface area is 114 Å². The largest absolute Gasteiger partial charge is 0.388 e. The summed E-state index contributed by atoms with van der Waals surface area (Å²) in [5.74, 6) is 0.285. The van der Waals surface area contributed by atoms with E-state index >= 15 is 0 Å². The van der Waals surface area contributed by atoms with Crippen LogP contribution in [0, 0.1) is 16.7 Å². The van der Waals surface area contributed by atoms with Crippen LogP contribution in [0.3, 0.4) is 0 Å². The molecule has 3 rings (SSSR count). The number of fused-ring (bicyclic) bond motifs is 1. The van der Waals surface area contributed by atoms with Gasteiger partial charge in [0.2, 0.25) is 0 Å². The van der Waals surface area contributed by atoms with Crippen LogP contribution in [0.2, 0.25) is 0 Å². The van der Waals surface area contributed by atoms with Crippen LogP contribution in [0.5, 0.6) is 0 Å². The summed E-state index contributed by atoms with van der Waals surface area (Å²) in [4.78, 5) is 4.28. The molecule has 1 aliphatic rings. The van der Waals surface area contributed by atoms with Gasteiger partial charge in [-0.05, 0) is 16.2 Å². The molecule has 19 heavy (non-hydrogen) atoms. The molecule has 1 saturated carbocycles. The molecular weight excluding hydrogens is 234 g/mol. The van der Waals surface area contributed by atoms with Gasteiger partial charge in [0.15, 0.2) is 0 Å². The lowest BCUT2D eigenvalue weighted by Gasteiger charge is -2.15. The Bertz CT molecular complexity index is 611. The van der Waals surface area contributed by atoms with E-state index < -0.39 is 6.10 Å². The zero-order valence-electron chi connectivity index (χ0n) is 12.0. The molecule has 2 nitrogen and oxygen atoms in total. The topological polar surface area (TPSA) is 33.1 Å². The maximum absolute atomic E-state index is 10.8. The highest BCUT2D eigenvalue weighted by Gasteiger charge is 2.67. The van der Waals surface area contributed by atoms with Crippen molar-refractivity contribution in [3.63, 3.8) is 0 Å². The lowest BCUT2D eigenvalue weighted by Crippen LogP contribution is -2.06. The van der Waals surface area contributed by atoms with Crippen LogP contribution in [-0.4, -0.2) is 10.1 Å². The lowest BCUT2D eigenvalue weighted by molar-refractivity contribution is 0.132. The maximum atomic E-state index is 10.8. The van der Waals surface area contributed by atoms with Crippen LogP contribution in [0.1, 0.15) is 39.4 Å². The molecule has 2 heteroatoms. The Hall–Kier alpha value is -1.41. The Morgan fingerprint density at radius 1 is 1.05 bits per heavy atom. The molecular formula is C17H21NO. The van der Waals surface area contributed by atoms with Crippen LogP contribution in [0.4, 0.5) is 0 Å². The fourth-order valence-electron chi connectivity index (χ4n) is 3.59. The summed E-state index contributed by atoms with van der Waals surface area (Å²) in [5.41, 5.74) is 1.30. The predicted molar refractivity (Wildman–Crippen MR) is 77.8 cm³/mol. The van der Waals surface area contributed by atoms with Gasteiger partial charge in [-0.15, -0.1) is 0 Å². The predicted octanol–water partition coefficient (Wildman–Crippen LogP) is 3.95. The van der Waals surface area contributed by atoms with Gasteiger partial charge in [-0.1, -0.05) is 52.0 Å². The van der Waals surface area contributed by atoms with E-state index in [2.05, 4.69) is 38.7 Å². The molecule has 1 N–H and O–H groups in total. The van der Waals surface area contributed by atoms with Crippen molar-refractivity contribution in [3.8, 4) is 0 Å². The van der Waals surface area contributed by atoms with E-state index in [-0.39, 0.29) is 16.7 Å². The van der Waals surface area contributed by atoms with E-state index in [9.17, 15) is 5.11 Å². The van der Waals surface area contributed by atoms with Crippen LogP contribution < -0.4 is 0 Å². The fourth-order valence-corrected chi connectivity index (χ4v) is 3.59. The number of aliphatic hydroxyl groups is 1. The van der Waals surface area contributed by atoms with Crippen molar-refractivity contribution in [1.29, 1.82) is 0 Å². The quantitative estimate of drug-likeness (QED) is 0.881. The van der Waals surface area contributed by atoms with Gasteiger partial charge >= 0.3 is 0 Å². The molecule has 1 atom stereocenters. The van der Waals surface area contributed by atoms with E-state index in [4.69, 9.17) is 0 Å². The highest BCUT2D eigenvalue weighted by Crippen LogP contribution is 2.72. The summed E-state index contributed by atoms with van der Waals surface area (Å²) in [6, 6.07) is 8.13. The number of benzene rings is 1. The van der Waals surface area contributed by atoms with Crippen molar-refractivity contribution in [2.24, 2.45) is 16.7 Å². The second kappa shape index (κ2) is 3.80. The Balaban J connectivity index is 2.07. The number of nitrogens with zero attached hydrogens (tertiary/aromatic N) is 1. The molecule has 100 valence electrons. The fraction of sp³-hybridized carbons (Fsp3) is 0.471. The standard InChI is InChI=1S/C17H21NO/c1-16(2)15(17(16,3)4)14(19)13-10-18-9-11-7-5-6-8-12(11)13/h5-10,14-15,19H,1-4H3. The van der Waals surface area contributed by atoms with E-state index in [0.717, 1.165) is 16.3 Å². The molecule has 1 aromatic heterocycles. The van der Waals surface area contributed by atoms with Gasteiger partial charge in [0.05, 0.1) is 6.10 Å². The summed E-state index contributed by atoms with van der Waals surface area (Å²) < 4.78 is 0. The van der Waals surface area contributed by atoms with Crippen LogP contribution in [0.15, 0.2) is 36.7 Å². The average molecular weight is 255 g/mol. The number of rotatable bonds is 2. The van der Waals surface area contributed by atoms with Gasteiger partial charge in [-0.2, -0.15) is 0 Å². The molecule has 1 heterocycles. The molecule has 0 bridgehead atoms. The smallest absolute Gasteiger partial charge is 0.0849 e. The maximum Gasteiger partial charge on any atom is 0.0849 e. The van der Waals surface area contributed by atoms with Gasteiger partial charge in [0, 0.05) is 29.3 Å². The Kier molecular flexibility index (Phi) is 2.52. The lowest BCUT2D eigenvalue weighted by atomic mass is 9.96. The first kappa shape index (κ1) is 12.6. The van der Waals surface area contributed by atoms with Crippen LogP contribution in [-0.2, 0) is 0 Å². The van der Waals surface area contributed by atoms with Gasteiger partial charge in [-0.25, -0.2) is 0 Å². The Morgan fingerprint density at radius 2 is 1.68 bits per heavy atom. The number of hydrogen-bond acceptors (Lipinski definition) is 2. The van der Waals surface area contributed by atoms with Crippen molar-refractivity contribution >= 4 is 10.8 Å². The molecule has 1 aromatic carbocycles. The minimum Gasteiger partial charge on any atom is -0.388 e. The highest BCUT2D eigenvalue weighted by molar-refractivity contribution is 5.85. The zero-order chi connectivity index (χ0) is 13.8. The van der Waals surface area contributed by atoms with E-state index in [1.165, 1.54) is 0 Å². The number of aromatic nitrogens is 1. The van der Waals surface area contributed by atoms with Gasteiger partial charge in [0.25, 0.3) is 0 Å². The monoisotopic (exact) mass is 255 g/mol. The third-order valence-corrected chi connectivity index (χ3v) is 5.47. The molecule has 1 aliphatic carbocycles. The normalized spacial score (nSPS) is 22.4. The summed E-state index contributed by atoms with van der Waals surface area (Å²) in [6.45, 7) is 8.94. The van der Waals surface area contributed by atoms with Crippen molar-refractivity contribution in [1.82, 2.24) is 4.98 Å². The SMILES string of the molecule is CC1(C)C(C(O)c2cncc3ccccc23)C1(C)C. The van der Waals surface area contributed by atoms with E-state index in [0.29, 0.717) is 0 Å². The van der Waals surface area contributed by atoms with E-state index in [1.807, 2.05) is 30.6 Å². The molecule has 1 unspecified atom stereocenters. The number of aliphatic hydroxyl groups excluding tert-OH is 1. The van der Waals surface area contributed by atoms with Crippen molar-refractivity contribution in [2.45, 2.75) is 33.8 Å². The molecule has 0 amide bonds. The summed E-state index contributed by atoms with van der Waals surface area (Å²) in [5, 5.41) is 13.0. The molecule has 0 spiro atoms. The second-order valence-corrected chi connectivity index (χ2v) is 6.82. The Morgan fingerprint density at radius 3 is 2.32 bits per heavy atom. The summed E-state index contributed by atoms with van der Waals surface area (Å²) >= 11 is 0. The molecule has 0 saturated heterocycles. The first-order valence-electron chi connectivity index (χ1n) is 6.88. The van der Waals surface area contributed by atoms with E-state index in [1.54, 1.807) is 0 Å². The summed E-state index contributed by atoms with van der Waals surface area (Å²) in [7, 11) is 0. The van der Waals surface area contributed by atoms with Crippen molar-refractivity contribution in [3.05, 3.63) is 42.2 Å².